The highest BCUT2D eigenvalue weighted by molar-refractivity contribution is 9.10. The van der Waals surface area contributed by atoms with Crippen LogP contribution in [-0.4, -0.2) is 20.9 Å². The van der Waals surface area contributed by atoms with E-state index < -0.39 is 5.97 Å². The number of aromatic carboxylic acids is 1. The first-order chi connectivity index (χ1) is 9.06. The molecule has 0 aliphatic carbocycles. The third-order valence-corrected chi connectivity index (χ3v) is 3.42. The highest BCUT2D eigenvalue weighted by Gasteiger charge is 2.09. The fourth-order valence-corrected chi connectivity index (χ4v) is 2.41. The predicted molar refractivity (Wildman–Crippen MR) is 76.4 cm³/mol. The van der Waals surface area contributed by atoms with Gasteiger partial charge in [-0.15, -0.1) is 0 Å². The summed E-state index contributed by atoms with van der Waals surface area (Å²) in [6, 6.07) is 9.80. The zero-order chi connectivity index (χ0) is 13.8. The average molecular weight is 323 g/mol. The molecular weight excluding hydrogens is 308 g/mol. The average Bonchev–Trinajstić information content (AvgIpc) is 2.71. The lowest BCUT2D eigenvalue weighted by atomic mass is 10.1. The number of carboxylic acid groups (broad SMARTS) is 1. The second kappa shape index (κ2) is 6.02. The van der Waals surface area contributed by atoms with Crippen LogP contribution in [0.2, 0.25) is 0 Å². The minimum Gasteiger partial charge on any atom is -0.476 e. The lowest BCUT2D eigenvalue weighted by Crippen LogP contribution is -2.05. The van der Waals surface area contributed by atoms with Crippen LogP contribution in [0.4, 0.5) is 0 Å². The number of hydrogen-bond acceptors (Lipinski definition) is 2. The van der Waals surface area contributed by atoms with E-state index in [-0.39, 0.29) is 5.69 Å². The number of hydrogen-bond donors (Lipinski definition) is 1. The standard InChI is InChI=1S/C14H15BrN2O2/c1-10-8-13(14(18)19)16-17(10)7-3-5-11-4-2-6-12(15)9-11/h2,4,6,8-9H,3,5,7H2,1H3,(H,18,19). The van der Waals surface area contributed by atoms with Crippen molar-refractivity contribution in [2.45, 2.75) is 26.3 Å². The highest BCUT2D eigenvalue weighted by Crippen LogP contribution is 2.13. The Kier molecular flexibility index (Phi) is 4.37. The van der Waals surface area contributed by atoms with E-state index >= 15 is 0 Å². The molecular formula is C14H15BrN2O2. The zero-order valence-electron chi connectivity index (χ0n) is 10.6. The monoisotopic (exact) mass is 322 g/mol. The molecule has 2 rings (SSSR count). The summed E-state index contributed by atoms with van der Waals surface area (Å²) in [6.45, 7) is 2.60. The summed E-state index contributed by atoms with van der Waals surface area (Å²) in [5.74, 6) is -0.978. The van der Waals surface area contributed by atoms with Gasteiger partial charge in [0.2, 0.25) is 0 Å². The Morgan fingerprint density at radius 2 is 2.21 bits per heavy atom. The van der Waals surface area contributed by atoms with Crippen molar-refractivity contribution in [1.82, 2.24) is 9.78 Å². The Morgan fingerprint density at radius 3 is 2.84 bits per heavy atom. The molecule has 1 N–H and O–H groups in total. The molecule has 0 amide bonds. The van der Waals surface area contributed by atoms with Crippen LogP contribution in [0.5, 0.6) is 0 Å². The van der Waals surface area contributed by atoms with E-state index in [1.165, 1.54) is 5.56 Å². The first-order valence-electron chi connectivity index (χ1n) is 6.08. The number of nitrogens with zero attached hydrogens (tertiary/aromatic N) is 2. The van der Waals surface area contributed by atoms with Crippen molar-refractivity contribution in [3.63, 3.8) is 0 Å². The van der Waals surface area contributed by atoms with Crippen molar-refractivity contribution in [1.29, 1.82) is 0 Å². The lowest BCUT2D eigenvalue weighted by molar-refractivity contribution is 0.0689. The zero-order valence-corrected chi connectivity index (χ0v) is 12.2. The molecule has 100 valence electrons. The molecule has 0 bridgehead atoms. The second-order valence-corrected chi connectivity index (χ2v) is 5.35. The van der Waals surface area contributed by atoms with E-state index in [1.54, 1.807) is 10.7 Å². The second-order valence-electron chi connectivity index (χ2n) is 4.43. The first-order valence-corrected chi connectivity index (χ1v) is 6.88. The van der Waals surface area contributed by atoms with E-state index in [2.05, 4.69) is 33.2 Å². The molecule has 4 nitrogen and oxygen atoms in total. The van der Waals surface area contributed by atoms with Crippen molar-refractivity contribution < 1.29 is 9.90 Å². The van der Waals surface area contributed by atoms with E-state index in [0.29, 0.717) is 0 Å². The van der Waals surface area contributed by atoms with Gasteiger partial charge in [0.25, 0.3) is 0 Å². The lowest BCUT2D eigenvalue weighted by Gasteiger charge is -2.05. The molecule has 19 heavy (non-hydrogen) atoms. The first kappa shape index (κ1) is 13.8. The number of halogens is 1. The van der Waals surface area contributed by atoms with Gasteiger partial charge < -0.3 is 5.11 Å². The Bertz CT molecular complexity index is 593. The smallest absolute Gasteiger partial charge is 0.356 e. The molecule has 0 fully saturated rings. The van der Waals surface area contributed by atoms with E-state index in [4.69, 9.17) is 5.11 Å². The van der Waals surface area contributed by atoms with Crippen molar-refractivity contribution in [2.75, 3.05) is 0 Å². The molecule has 1 aromatic heterocycles. The molecule has 0 aliphatic rings. The molecule has 0 unspecified atom stereocenters. The van der Waals surface area contributed by atoms with E-state index in [9.17, 15) is 4.79 Å². The van der Waals surface area contributed by atoms with Crippen LogP contribution in [0.15, 0.2) is 34.8 Å². The fraction of sp³-hybridized carbons (Fsp3) is 0.286. The van der Waals surface area contributed by atoms with Gasteiger partial charge in [-0.05, 0) is 43.5 Å². The number of aryl methyl sites for hydroxylation is 3. The van der Waals surface area contributed by atoms with Gasteiger partial charge in [0, 0.05) is 16.7 Å². The molecule has 0 saturated carbocycles. The van der Waals surface area contributed by atoms with Gasteiger partial charge in [-0.1, -0.05) is 28.1 Å². The Balaban J connectivity index is 1.94. The van der Waals surface area contributed by atoms with Crippen LogP contribution >= 0.6 is 15.9 Å². The summed E-state index contributed by atoms with van der Waals surface area (Å²) in [6.07, 6.45) is 1.87. The summed E-state index contributed by atoms with van der Waals surface area (Å²) in [4.78, 5) is 10.8. The minimum absolute atomic E-state index is 0.111. The Morgan fingerprint density at radius 1 is 1.42 bits per heavy atom. The van der Waals surface area contributed by atoms with Crippen LogP contribution in [0.1, 0.15) is 28.2 Å². The molecule has 0 radical (unpaired) electrons. The van der Waals surface area contributed by atoms with E-state index in [1.807, 2.05) is 19.1 Å². The van der Waals surface area contributed by atoms with Gasteiger partial charge in [-0.25, -0.2) is 4.79 Å². The molecule has 0 aliphatic heterocycles. The number of carbonyl (C=O) groups is 1. The van der Waals surface area contributed by atoms with Gasteiger partial charge in [-0.3, -0.25) is 4.68 Å². The largest absolute Gasteiger partial charge is 0.476 e. The maximum Gasteiger partial charge on any atom is 0.356 e. The minimum atomic E-state index is -0.978. The van der Waals surface area contributed by atoms with Gasteiger partial charge in [-0.2, -0.15) is 5.10 Å². The summed E-state index contributed by atoms with van der Waals surface area (Å²) in [5.41, 5.74) is 2.25. The summed E-state index contributed by atoms with van der Waals surface area (Å²) in [5, 5.41) is 12.9. The molecule has 5 heteroatoms. The van der Waals surface area contributed by atoms with Crippen LogP contribution < -0.4 is 0 Å². The SMILES string of the molecule is Cc1cc(C(=O)O)nn1CCCc1cccc(Br)c1. The Labute approximate surface area is 120 Å². The van der Waals surface area contributed by atoms with Gasteiger partial charge in [0.1, 0.15) is 0 Å². The summed E-state index contributed by atoms with van der Waals surface area (Å²) in [7, 11) is 0. The van der Waals surface area contributed by atoms with Crippen LogP contribution in [0.25, 0.3) is 0 Å². The van der Waals surface area contributed by atoms with Crippen molar-refractivity contribution in [2.24, 2.45) is 0 Å². The normalized spacial score (nSPS) is 10.6. The van der Waals surface area contributed by atoms with Crippen molar-refractivity contribution in [3.05, 3.63) is 51.8 Å². The van der Waals surface area contributed by atoms with Crippen molar-refractivity contribution in [3.8, 4) is 0 Å². The number of carboxylic acids is 1. The van der Waals surface area contributed by atoms with Gasteiger partial charge in [0.15, 0.2) is 5.69 Å². The van der Waals surface area contributed by atoms with Crippen molar-refractivity contribution >= 4 is 21.9 Å². The molecule has 0 saturated heterocycles. The topological polar surface area (TPSA) is 55.1 Å². The molecule has 1 heterocycles. The quantitative estimate of drug-likeness (QED) is 0.919. The summed E-state index contributed by atoms with van der Waals surface area (Å²) >= 11 is 3.45. The van der Waals surface area contributed by atoms with E-state index in [0.717, 1.165) is 29.6 Å². The number of rotatable bonds is 5. The maximum atomic E-state index is 10.8. The van der Waals surface area contributed by atoms with Crippen LogP contribution in [0.3, 0.4) is 0 Å². The number of benzene rings is 1. The van der Waals surface area contributed by atoms with Crippen LogP contribution in [0, 0.1) is 6.92 Å². The molecule has 0 atom stereocenters. The molecule has 1 aromatic carbocycles. The maximum absolute atomic E-state index is 10.8. The van der Waals surface area contributed by atoms with Gasteiger partial charge >= 0.3 is 5.97 Å². The highest BCUT2D eigenvalue weighted by atomic mass is 79.9. The Hall–Kier alpha value is -1.62. The molecule has 2 aromatic rings. The third-order valence-electron chi connectivity index (χ3n) is 2.92. The van der Waals surface area contributed by atoms with Gasteiger partial charge in [0.05, 0.1) is 0 Å². The third kappa shape index (κ3) is 3.67. The predicted octanol–water partition coefficient (Wildman–Crippen LogP) is 3.29. The van der Waals surface area contributed by atoms with Crippen LogP contribution in [-0.2, 0) is 13.0 Å². The molecule has 0 spiro atoms. The number of aromatic nitrogens is 2. The fourth-order valence-electron chi connectivity index (χ4n) is 1.97. The summed E-state index contributed by atoms with van der Waals surface area (Å²) < 4.78 is 2.83.